The van der Waals surface area contributed by atoms with Gasteiger partial charge in [0.05, 0.1) is 5.75 Å². The van der Waals surface area contributed by atoms with Gasteiger partial charge in [0.15, 0.2) is 5.16 Å². The topological polar surface area (TPSA) is 80.0 Å². The summed E-state index contributed by atoms with van der Waals surface area (Å²) in [6, 6.07) is 2.09. The van der Waals surface area contributed by atoms with E-state index < -0.39 is 0 Å². The minimum Gasteiger partial charge on any atom is -0.338 e. The van der Waals surface area contributed by atoms with Crippen molar-refractivity contribution >= 4 is 23.6 Å². The standard InChI is InChI=1S/C15H21N7OS/c1-12(2)22-11-18-19-15(22)24-10-13(23)20-6-8-21(9-7-20)14-16-4-3-5-17-14/h3-5,11-12H,6-10H2,1-2H3. The molecule has 0 bridgehead atoms. The van der Waals surface area contributed by atoms with Crippen molar-refractivity contribution in [2.45, 2.75) is 25.0 Å². The van der Waals surface area contributed by atoms with Crippen molar-refractivity contribution in [3.8, 4) is 0 Å². The lowest BCUT2D eigenvalue weighted by Gasteiger charge is -2.34. The summed E-state index contributed by atoms with van der Waals surface area (Å²) in [4.78, 5) is 24.9. The second-order valence-corrected chi connectivity index (χ2v) is 6.76. The molecular formula is C15H21N7OS. The summed E-state index contributed by atoms with van der Waals surface area (Å²) in [5.74, 6) is 1.24. The van der Waals surface area contributed by atoms with E-state index in [1.165, 1.54) is 11.8 Å². The van der Waals surface area contributed by atoms with Gasteiger partial charge in [-0.05, 0) is 19.9 Å². The molecule has 0 atom stereocenters. The van der Waals surface area contributed by atoms with Crippen molar-refractivity contribution in [2.24, 2.45) is 0 Å². The number of aromatic nitrogens is 5. The molecule has 3 heterocycles. The highest BCUT2D eigenvalue weighted by atomic mass is 32.2. The van der Waals surface area contributed by atoms with Crippen LogP contribution in [0.2, 0.25) is 0 Å². The van der Waals surface area contributed by atoms with E-state index >= 15 is 0 Å². The van der Waals surface area contributed by atoms with Crippen LogP contribution in [-0.4, -0.2) is 67.5 Å². The Morgan fingerprint density at radius 1 is 1.21 bits per heavy atom. The Bertz CT molecular complexity index is 667. The second kappa shape index (κ2) is 7.61. The Balaban J connectivity index is 1.49. The van der Waals surface area contributed by atoms with Crippen LogP contribution >= 0.6 is 11.8 Å². The molecule has 0 radical (unpaired) electrons. The summed E-state index contributed by atoms with van der Waals surface area (Å²) in [5.41, 5.74) is 0. The van der Waals surface area contributed by atoms with Crippen LogP contribution in [0.5, 0.6) is 0 Å². The molecule has 0 aliphatic carbocycles. The van der Waals surface area contributed by atoms with E-state index in [1.54, 1.807) is 24.8 Å². The van der Waals surface area contributed by atoms with Crippen LogP contribution in [-0.2, 0) is 4.79 Å². The van der Waals surface area contributed by atoms with Gasteiger partial charge in [-0.2, -0.15) is 0 Å². The Kier molecular flexibility index (Phi) is 5.29. The smallest absolute Gasteiger partial charge is 0.233 e. The molecular weight excluding hydrogens is 326 g/mol. The molecule has 128 valence electrons. The fourth-order valence-electron chi connectivity index (χ4n) is 2.52. The number of piperazine rings is 1. The van der Waals surface area contributed by atoms with Gasteiger partial charge in [0.1, 0.15) is 6.33 Å². The number of carbonyl (C=O) groups is 1. The molecule has 9 heteroatoms. The van der Waals surface area contributed by atoms with Gasteiger partial charge < -0.3 is 14.4 Å². The minimum atomic E-state index is 0.131. The molecule has 0 spiro atoms. The highest BCUT2D eigenvalue weighted by molar-refractivity contribution is 7.99. The first-order valence-electron chi connectivity index (χ1n) is 7.97. The third-order valence-corrected chi connectivity index (χ3v) is 4.83. The Morgan fingerprint density at radius 2 is 1.92 bits per heavy atom. The molecule has 3 rings (SSSR count). The maximum absolute atomic E-state index is 12.4. The van der Waals surface area contributed by atoms with Gasteiger partial charge >= 0.3 is 0 Å². The van der Waals surface area contributed by atoms with Gasteiger partial charge in [-0.15, -0.1) is 10.2 Å². The maximum Gasteiger partial charge on any atom is 0.233 e. The number of hydrogen-bond acceptors (Lipinski definition) is 7. The molecule has 1 saturated heterocycles. The van der Waals surface area contributed by atoms with Crippen molar-refractivity contribution in [1.82, 2.24) is 29.6 Å². The van der Waals surface area contributed by atoms with Crippen LogP contribution in [0.4, 0.5) is 5.95 Å². The fraction of sp³-hybridized carbons (Fsp3) is 0.533. The van der Waals surface area contributed by atoms with Gasteiger partial charge in [0.25, 0.3) is 0 Å². The largest absolute Gasteiger partial charge is 0.338 e. The summed E-state index contributed by atoms with van der Waals surface area (Å²) in [6.07, 6.45) is 5.18. The summed E-state index contributed by atoms with van der Waals surface area (Å²) >= 11 is 1.44. The van der Waals surface area contributed by atoms with Crippen molar-refractivity contribution in [2.75, 3.05) is 36.8 Å². The normalized spacial score (nSPS) is 15.1. The Labute approximate surface area is 145 Å². The van der Waals surface area contributed by atoms with Crippen LogP contribution in [0.15, 0.2) is 29.9 Å². The van der Waals surface area contributed by atoms with Crippen LogP contribution in [0.3, 0.4) is 0 Å². The number of anilines is 1. The van der Waals surface area contributed by atoms with Gasteiger partial charge in [-0.3, -0.25) is 4.79 Å². The Morgan fingerprint density at radius 3 is 2.58 bits per heavy atom. The third kappa shape index (κ3) is 3.84. The molecule has 1 fully saturated rings. The monoisotopic (exact) mass is 347 g/mol. The lowest BCUT2D eigenvalue weighted by molar-refractivity contribution is -0.128. The average Bonchev–Trinajstić information content (AvgIpc) is 3.09. The maximum atomic E-state index is 12.4. The lowest BCUT2D eigenvalue weighted by Crippen LogP contribution is -2.49. The Hall–Kier alpha value is -2.16. The molecule has 8 nitrogen and oxygen atoms in total. The van der Waals surface area contributed by atoms with Gasteiger partial charge in [0, 0.05) is 44.6 Å². The van der Waals surface area contributed by atoms with Crippen LogP contribution < -0.4 is 4.90 Å². The molecule has 2 aromatic rings. The SMILES string of the molecule is CC(C)n1cnnc1SCC(=O)N1CCN(c2ncccn2)CC1. The quantitative estimate of drug-likeness (QED) is 0.749. The molecule has 0 N–H and O–H groups in total. The number of carbonyl (C=O) groups excluding carboxylic acids is 1. The first-order chi connectivity index (χ1) is 11.6. The number of thioether (sulfide) groups is 1. The summed E-state index contributed by atoms with van der Waals surface area (Å²) in [5, 5.41) is 8.80. The average molecular weight is 347 g/mol. The highest BCUT2D eigenvalue weighted by Crippen LogP contribution is 2.19. The van der Waals surface area contributed by atoms with Gasteiger partial charge in [-0.1, -0.05) is 11.8 Å². The second-order valence-electron chi connectivity index (χ2n) is 5.82. The van der Waals surface area contributed by atoms with E-state index in [2.05, 4.69) is 38.9 Å². The van der Waals surface area contributed by atoms with Gasteiger partial charge in [-0.25, -0.2) is 9.97 Å². The number of amides is 1. The van der Waals surface area contributed by atoms with E-state index in [1.807, 2.05) is 9.47 Å². The number of hydrogen-bond donors (Lipinski definition) is 0. The molecule has 2 aromatic heterocycles. The molecule has 0 unspecified atom stereocenters. The number of rotatable bonds is 5. The molecule has 1 aliphatic heterocycles. The minimum absolute atomic E-state index is 0.131. The van der Waals surface area contributed by atoms with E-state index in [0.29, 0.717) is 18.8 Å². The van der Waals surface area contributed by atoms with Crippen LogP contribution in [0.1, 0.15) is 19.9 Å². The predicted molar refractivity (Wildman–Crippen MR) is 92.0 cm³/mol. The van der Waals surface area contributed by atoms with Crippen LogP contribution in [0.25, 0.3) is 0 Å². The van der Waals surface area contributed by atoms with E-state index in [-0.39, 0.29) is 11.9 Å². The van der Waals surface area contributed by atoms with Crippen molar-refractivity contribution in [3.63, 3.8) is 0 Å². The van der Waals surface area contributed by atoms with Crippen LogP contribution in [0, 0.1) is 0 Å². The highest BCUT2D eigenvalue weighted by Gasteiger charge is 2.23. The first kappa shape index (κ1) is 16.7. The zero-order valence-electron chi connectivity index (χ0n) is 13.9. The molecule has 0 aromatic carbocycles. The van der Waals surface area contributed by atoms with E-state index in [4.69, 9.17) is 0 Å². The van der Waals surface area contributed by atoms with Crippen molar-refractivity contribution in [1.29, 1.82) is 0 Å². The molecule has 1 amide bonds. The van der Waals surface area contributed by atoms with Crippen molar-refractivity contribution in [3.05, 3.63) is 24.8 Å². The molecule has 1 aliphatic rings. The fourth-order valence-corrected chi connectivity index (χ4v) is 3.46. The predicted octanol–water partition coefficient (Wildman–Crippen LogP) is 1.09. The molecule has 0 saturated carbocycles. The lowest BCUT2D eigenvalue weighted by atomic mass is 10.3. The van der Waals surface area contributed by atoms with Crippen molar-refractivity contribution < 1.29 is 4.79 Å². The van der Waals surface area contributed by atoms with E-state index in [0.717, 1.165) is 24.2 Å². The zero-order chi connectivity index (χ0) is 16.9. The number of nitrogens with zero attached hydrogens (tertiary/aromatic N) is 7. The molecule has 24 heavy (non-hydrogen) atoms. The first-order valence-corrected chi connectivity index (χ1v) is 8.95. The summed E-state index contributed by atoms with van der Waals surface area (Å²) in [6.45, 7) is 7.02. The zero-order valence-corrected chi connectivity index (χ0v) is 14.7. The summed E-state index contributed by atoms with van der Waals surface area (Å²) in [7, 11) is 0. The van der Waals surface area contributed by atoms with E-state index in [9.17, 15) is 4.79 Å². The third-order valence-electron chi connectivity index (χ3n) is 3.89. The summed E-state index contributed by atoms with van der Waals surface area (Å²) < 4.78 is 1.97. The van der Waals surface area contributed by atoms with Gasteiger partial charge in [0.2, 0.25) is 11.9 Å².